The highest BCUT2D eigenvalue weighted by Crippen LogP contribution is 2.44. The summed E-state index contributed by atoms with van der Waals surface area (Å²) in [5.41, 5.74) is 2.53. The van der Waals surface area contributed by atoms with Crippen molar-refractivity contribution in [3.63, 3.8) is 0 Å². The van der Waals surface area contributed by atoms with Crippen LogP contribution in [-0.2, 0) is 6.42 Å². The van der Waals surface area contributed by atoms with Crippen LogP contribution in [0.25, 0.3) is 10.9 Å². The number of ether oxygens (including phenoxy) is 1. The predicted molar refractivity (Wildman–Crippen MR) is 147 cm³/mol. The number of nitrogens with zero attached hydrogens (tertiary/aromatic N) is 2. The molecule has 4 aromatic rings. The van der Waals surface area contributed by atoms with Gasteiger partial charge in [0.15, 0.2) is 0 Å². The van der Waals surface area contributed by atoms with Gasteiger partial charge in [0.1, 0.15) is 5.82 Å². The minimum atomic E-state index is -1.12. The maximum Gasteiger partial charge on any atom is 0.217 e. The number of pyridine rings is 1. The maximum absolute atomic E-state index is 13.5. The van der Waals surface area contributed by atoms with E-state index in [1.165, 1.54) is 12.1 Å². The molecule has 188 valence electrons. The van der Waals surface area contributed by atoms with Crippen LogP contribution >= 0.6 is 15.9 Å². The Morgan fingerprint density at radius 2 is 1.72 bits per heavy atom. The van der Waals surface area contributed by atoms with Crippen molar-refractivity contribution < 1.29 is 14.2 Å². The molecule has 6 heteroatoms. The van der Waals surface area contributed by atoms with Gasteiger partial charge in [-0.15, -0.1) is 0 Å². The molecule has 36 heavy (non-hydrogen) atoms. The molecule has 0 aliphatic heterocycles. The third-order valence-corrected chi connectivity index (χ3v) is 7.19. The first-order valence-corrected chi connectivity index (χ1v) is 12.9. The molecule has 2 unspecified atom stereocenters. The number of hydrogen-bond acceptors (Lipinski definition) is 4. The van der Waals surface area contributed by atoms with Gasteiger partial charge >= 0.3 is 0 Å². The molecule has 1 aromatic heterocycles. The van der Waals surface area contributed by atoms with E-state index in [-0.39, 0.29) is 11.7 Å². The number of halogens is 2. The van der Waals surface area contributed by atoms with Crippen LogP contribution in [0, 0.1) is 5.82 Å². The van der Waals surface area contributed by atoms with E-state index in [1.807, 2.05) is 62.6 Å². The molecule has 0 aliphatic carbocycles. The molecule has 0 bridgehead atoms. The third kappa shape index (κ3) is 6.12. The van der Waals surface area contributed by atoms with E-state index in [0.29, 0.717) is 31.7 Å². The summed E-state index contributed by atoms with van der Waals surface area (Å²) in [6.07, 6.45) is 1.65. The summed E-state index contributed by atoms with van der Waals surface area (Å²) < 4.78 is 20.3. The summed E-state index contributed by atoms with van der Waals surface area (Å²) in [7, 11) is 5.64. The highest BCUT2D eigenvalue weighted by Gasteiger charge is 2.40. The lowest BCUT2D eigenvalue weighted by molar-refractivity contribution is 0.000776. The van der Waals surface area contributed by atoms with Crippen molar-refractivity contribution >= 4 is 26.8 Å². The second-order valence-corrected chi connectivity index (χ2v) is 10.5. The van der Waals surface area contributed by atoms with Crippen LogP contribution < -0.4 is 4.74 Å². The number of rotatable bonds is 10. The van der Waals surface area contributed by atoms with Gasteiger partial charge in [-0.3, -0.25) is 0 Å². The Morgan fingerprint density at radius 3 is 2.39 bits per heavy atom. The Kier molecular flexibility index (Phi) is 8.39. The summed E-state index contributed by atoms with van der Waals surface area (Å²) >= 11 is 3.57. The molecule has 1 N–H and O–H groups in total. The van der Waals surface area contributed by atoms with Gasteiger partial charge in [0.2, 0.25) is 5.88 Å². The normalized spacial score (nSPS) is 14.1. The quantitative estimate of drug-likeness (QED) is 0.242. The molecule has 3 aromatic carbocycles. The molecule has 0 saturated carbocycles. The summed E-state index contributed by atoms with van der Waals surface area (Å²) in [5.74, 6) is -0.143. The fourth-order valence-corrected chi connectivity index (χ4v) is 5.16. The molecule has 4 nitrogen and oxygen atoms in total. The number of hydrogen-bond donors (Lipinski definition) is 1. The lowest BCUT2D eigenvalue weighted by Crippen LogP contribution is -2.40. The van der Waals surface area contributed by atoms with Gasteiger partial charge in [-0.2, -0.15) is 0 Å². The van der Waals surface area contributed by atoms with Crippen LogP contribution in [0.1, 0.15) is 35.4 Å². The Balaban J connectivity index is 1.86. The van der Waals surface area contributed by atoms with Crippen molar-refractivity contribution in [1.29, 1.82) is 0 Å². The molecular weight excluding hydrogens is 519 g/mol. The van der Waals surface area contributed by atoms with E-state index in [1.54, 1.807) is 19.2 Å². The number of methoxy groups -OCH3 is 1. The lowest BCUT2D eigenvalue weighted by Gasteiger charge is -2.38. The molecule has 4 rings (SSSR count). The summed E-state index contributed by atoms with van der Waals surface area (Å²) in [4.78, 5) is 6.89. The molecule has 0 saturated heterocycles. The van der Waals surface area contributed by atoms with Crippen molar-refractivity contribution in [2.75, 3.05) is 27.7 Å². The standard InChI is InChI=1S/C30H32BrFN2O2/c1-34(2)18-17-30(35,16-15-21-9-12-25(32)13-10-21)28(22-7-5-4-6-8-22)26-20-23-19-24(31)11-14-27(23)33-29(26)36-3/h4-14,19-20,28,35H,15-18H2,1-3H3. The van der Waals surface area contributed by atoms with Crippen molar-refractivity contribution in [1.82, 2.24) is 9.88 Å². The SMILES string of the molecule is COc1nc2ccc(Br)cc2cc1C(c1ccccc1)C(O)(CCc1ccc(F)cc1)CCN(C)C. The highest BCUT2D eigenvalue weighted by molar-refractivity contribution is 9.10. The Bertz CT molecular complexity index is 1300. The van der Waals surface area contributed by atoms with Crippen LogP contribution in [0.2, 0.25) is 0 Å². The van der Waals surface area contributed by atoms with Crippen molar-refractivity contribution in [3.8, 4) is 5.88 Å². The van der Waals surface area contributed by atoms with E-state index in [9.17, 15) is 9.50 Å². The Labute approximate surface area is 220 Å². The Hall–Kier alpha value is -2.80. The Morgan fingerprint density at radius 1 is 1.00 bits per heavy atom. The monoisotopic (exact) mass is 550 g/mol. The fraction of sp³-hybridized carbons (Fsp3) is 0.300. The summed E-state index contributed by atoms with van der Waals surface area (Å²) in [5, 5.41) is 13.5. The maximum atomic E-state index is 13.5. The summed E-state index contributed by atoms with van der Waals surface area (Å²) in [6, 6.07) is 24.6. The van der Waals surface area contributed by atoms with Gasteiger partial charge in [0.25, 0.3) is 0 Å². The number of fused-ring (bicyclic) bond motifs is 1. The second-order valence-electron chi connectivity index (χ2n) is 9.55. The number of aliphatic hydroxyl groups is 1. The van der Waals surface area contributed by atoms with Crippen molar-refractivity contribution in [2.24, 2.45) is 0 Å². The highest BCUT2D eigenvalue weighted by atomic mass is 79.9. The van der Waals surface area contributed by atoms with E-state index < -0.39 is 5.60 Å². The molecule has 0 aliphatic rings. The van der Waals surface area contributed by atoms with E-state index in [4.69, 9.17) is 9.72 Å². The molecule has 2 atom stereocenters. The van der Waals surface area contributed by atoms with Gasteiger partial charge in [0, 0.05) is 27.9 Å². The van der Waals surface area contributed by atoms with Gasteiger partial charge in [-0.05, 0) is 80.9 Å². The van der Waals surface area contributed by atoms with Crippen molar-refractivity contribution in [3.05, 3.63) is 106 Å². The molecule has 1 heterocycles. The zero-order chi connectivity index (χ0) is 25.7. The zero-order valence-electron chi connectivity index (χ0n) is 20.9. The first-order valence-electron chi connectivity index (χ1n) is 12.1. The lowest BCUT2D eigenvalue weighted by atomic mass is 9.72. The van der Waals surface area contributed by atoms with Crippen molar-refractivity contribution in [2.45, 2.75) is 30.8 Å². The molecule has 0 spiro atoms. The van der Waals surface area contributed by atoms with E-state index >= 15 is 0 Å². The van der Waals surface area contributed by atoms with Gasteiger partial charge < -0.3 is 14.7 Å². The smallest absolute Gasteiger partial charge is 0.217 e. The first-order chi connectivity index (χ1) is 17.3. The van der Waals surface area contributed by atoms with Crippen LogP contribution in [0.3, 0.4) is 0 Å². The average Bonchev–Trinajstić information content (AvgIpc) is 2.87. The topological polar surface area (TPSA) is 45.6 Å². The molecular formula is C30H32BrFN2O2. The second kappa shape index (κ2) is 11.5. The largest absolute Gasteiger partial charge is 0.481 e. The van der Waals surface area contributed by atoms with E-state index in [2.05, 4.69) is 26.9 Å². The van der Waals surface area contributed by atoms with Gasteiger partial charge in [-0.1, -0.05) is 58.4 Å². The summed E-state index contributed by atoms with van der Waals surface area (Å²) in [6.45, 7) is 0.706. The first kappa shape index (κ1) is 26.3. The van der Waals surface area contributed by atoms with Crippen LogP contribution in [0.5, 0.6) is 5.88 Å². The third-order valence-electron chi connectivity index (χ3n) is 6.70. The molecule has 0 radical (unpaired) electrons. The minimum absolute atomic E-state index is 0.262. The van der Waals surface area contributed by atoms with Crippen LogP contribution in [0.4, 0.5) is 4.39 Å². The number of benzene rings is 3. The predicted octanol–water partition coefficient (Wildman–Crippen LogP) is 6.59. The fourth-order valence-electron chi connectivity index (χ4n) is 4.78. The minimum Gasteiger partial charge on any atom is -0.481 e. The van der Waals surface area contributed by atoms with Crippen LogP contribution in [0.15, 0.2) is 83.3 Å². The van der Waals surface area contributed by atoms with E-state index in [0.717, 1.165) is 32.1 Å². The molecule has 0 fully saturated rings. The molecule has 0 amide bonds. The van der Waals surface area contributed by atoms with Crippen LogP contribution in [-0.4, -0.2) is 48.3 Å². The van der Waals surface area contributed by atoms with Gasteiger partial charge in [-0.25, -0.2) is 9.37 Å². The number of aromatic nitrogens is 1. The zero-order valence-corrected chi connectivity index (χ0v) is 22.5. The van der Waals surface area contributed by atoms with Gasteiger partial charge in [0.05, 0.1) is 18.2 Å². The number of aryl methyl sites for hydroxylation is 1. The average molecular weight is 552 g/mol.